The number of carbonyl (C=O) groups is 2. The predicted octanol–water partition coefficient (Wildman–Crippen LogP) is 2.93. The Morgan fingerprint density at radius 1 is 1.20 bits per heavy atom. The zero-order valence-corrected chi connectivity index (χ0v) is 11.5. The van der Waals surface area contributed by atoms with Crippen LogP contribution in [0.2, 0.25) is 0 Å². The van der Waals surface area contributed by atoms with Crippen LogP contribution in [0.25, 0.3) is 0 Å². The van der Waals surface area contributed by atoms with E-state index in [2.05, 4.69) is 26.2 Å². The number of rotatable bonds is 3. The molecule has 2 N–H and O–H groups in total. The minimum Gasteiger partial charge on any atom is -0.478 e. The van der Waals surface area contributed by atoms with Gasteiger partial charge in [-0.3, -0.25) is 4.79 Å². The SMILES string of the molecule is O=C(O)c1ccc(F)c(NC(=O)c2ccc(Br)nc2)c1. The maximum Gasteiger partial charge on any atom is 0.335 e. The van der Waals surface area contributed by atoms with Crippen LogP contribution in [-0.2, 0) is 0 Å². The minimum atomic E-state index is -1.20. The summed E-state index contributed by atoms with van der Waals surface area (Å²) in [6.45, 7) is 0. The summed E-state index contributed by atoms with van der Waals surface area (Å²) in [5.41, 5.74) is -0.0817. The van der Waals surface area contributed by atoms with Crippen molar-refractivity contribution in [2.75, 3.05) is 5.32 Å². The van der Waals surface area contributed by atoms with E-state index in [-0.39, 0.29) is 16.8 Å². The van der Waals surface area contributed by atoms with E-state index in [1.54, 1.807) is 6.07 Å². The van der Waals surface area contributed by atoms with Crippen molar-refractivity contribution in [2.24, 2.45) is 0 Å². The third-order valence-electron chi connectivity index (χ3n) is 2.45. The van der Waals surface area contributed by atoms with Gasteiger partial charge in [-0.15, -0.1) is 0 Å². The zero-order chi connectivity index (χ0) is 14.7. The van der Waals surface area contributed by atoms with E-state index < -0.39 is 17.7 Å². The fraction of sp³-hybridized carbons (Fsp3) is 0. The van der Waals surface area contributed by atoms with Gasteiger partial charge >= 0.3 is 5.97 Å². The summed E-state index contributed by atoms with van der Waals surface area (Å²) in [7, 11) is 0. The number of aromatic nitrogens is 1. The molecule has 0 spiro atoms. The second kappa shape index (κ2) is 5.79. The van der Waals surface area contributed by atoms with Crippen molar-refractivity contribution in [1.29, 1.82) is 0 Å². The first kappa shape index (κ1) is 14.1. The van der Waals surface area contributed by atoms with Crippen molar-refractivity contribution in [3.8, 4) is 0 Å². The van der Waals surface area contributed by atoms with Crippen LogP contribution < -0.4 is 5.32 Å². The highest BCUT2D eigenvalue weighted by Crippen LogP contribution is 2.17. The highest BCUT2D eigenvalue weighted by molar-refractivity contribution is 9.10. The molecule has 0 saturated carbocycles. The number of nitrogens with one attached hydrogen (secondary N) is 1. The van der Waals surface area contributed by atoms with Gasteiger partial charge in [-0.25, -0.2) is 14.2 Å². The molecule has 0 bridgehead atoms. The highest BCUT2D eigenvalue weighted by Gasteiger charge is 2.12. The zero-order valence-electron chi connectivity index (χ0n) is 9.93. The number of hydrogen-bond acceptors (Lipinski definition) is 3. The topological polar surface area (TPSA) is 79.3 Å². The van der Waals surface area contributed by atoms with Gasteiger partial charge in [0, 0.05) is 6.20 Å². The molecule has 102 valence electrons. The molecule has 0 unspecified atom stereocenters. The summed E-state index contributed by atoms with van der Waals surface area (Å²) >= 11 is 3.13. The molecule has 0 aliphatic rings. The van der Waals surface area contributed by atoms with Crippen LogP contribution in [0.5, 0.6) is 0 Å². The summed E-state index contributed by atoms with van der Waals surface area (Å²) in [4.78, 5) is 26.6. The lowest BCUT2D eigenvalue weighted by atomic mass is 10.2. The van der Waals surface area contributed by atoms with E-state index in [0.717, 1.165) is 18.2 Å². The normalized spacial score (nSPS) is 10.1. The van der Waals surface area contributed by atoms with Gasteiger partial charge in [0.05, 0.1) is 16.8 Å². The third-order valence-corrected chi connectivity index (χ3v) is 2.92. The average Bonchev–Trinajstić information content (AvgIpc) is 2.41. The Balaban J connectivity index is 2.25. The molecule has 0 aliphatic heterocycles. The number of nitrogens with zero attached hydrogens (tertiary/aromatic N) is 1. The van der Waals surface area contributed by atoms with Crippen molar-refractivity contribution >= 4 is 33.5 Å². The maximum atomic E-state index is 13.5. The molecule has 5 nitrogen and oxygen atoms in total. The fourth-order valence-electron chi connectivity index (χ4n) is 1.46. The monoisotopic (exact) mass is 338 g/mol. The van der Waals surface area contributed by atoms with Gasteiger partial charge in [-0.2, -0.15) is 0 Å². The van der Waals surface area contributed by atoms with Crippen molar-refractivity contribution < 1.29 is 19.1 Å². The van der Waals surface area contributed by atoms with E-state index in [1.165, 1.54) is 12.3 Å². The molecule has 20 heavy (non-hydrogen) atoms. The highest BCUT2D eigenvalue weighted by atomic mass is 79.9. The number of pyridine rings is 1. The summed E-state index contributed by atoms with van der Waals surface area (Å²) < 4.78 is 14.1. The number of benzene rings is 1. The first-order valence-electron chi connectivity index (χ1n) is 5.43. The van der Waals surface area contributed by atoms with E-state index in [9.17, 15) is 14.0 Å². The maximum absolute atomic E-state index is 13.5. The molecule has 1 aromatic heterocycles. The number of amides is 1. The van der Waals surface area contributed by atoms with Crippen molar-refractivity contribution in [1.82, 2.24) is 4.98 Å². The Morgan fingerprint density at radius 2 is 1.90 bits per heavy atom. The van der Waals surface area contributed by atoms with Crippen molar-refractivity contribution in [3.63, 3.8) is 0 Å². The van der Waals surface area contributed by atoms with Crippen LogP contribution in [0.15, 0.2) is 41.1 Å². The number of anilines is 1. The molecular formula is C13H8BrFN2O3. The van der Waals surface area contributed by atoms with Gasteiger partial charge in [0.2, 0.25) is 0 Å². The Labute approximate surface area is 121 Å². The molecule has 1 heterocycles. The van der Waals surface area contributed by atoms with E-state index in [4.69, 9.17) is 5.11 Å². The first-order chi connectivity index (χ1) is 9.47. The number of carbonyl (C=O) groups excluding carboxylic acids is 1. The number of hydrogen-bond donors (Lipinski definition) is 2. The summed E-state index contributed by atoms with van der Waals surface area (Å²) in [6.07, 6.45) is 1.32. The lowest BCUT2D eigenvalue weighted by Crippen LogP contribution is -2.14. The minimum absolute atomic E-state index is 0.115. The van der Waals surface area contributed by atoms with Gasteiger partial charge in [0.15, 0.2) is 0 Å². The molecule has 0 atom stereocenters. The Hall–Kier alpha value is -2.28. The molecule has 2 rings (SSSR count). The Kier molecular flexibility index (Phi) is 4.09. The van der Waals surface area contributed by atoms with Crippen LogP contribution in [0.3, 0.4) is 0 Å². The van der Waals surface area contributed by atoms with Crippen LogP contribution in [0.4, 0.5) is 10.1 Å². The molecule has 0 aliphatic carbocycles. The summed E-state index contributed by atoms with van der Waals surface area (Å²) in [5.74, 6) is -2.49. The molecule has 0 saturated heterocycles. The van der Waals surface area contributed by atoms with Gasteiger partial charge in [-0.05, 0) is 46.3 Å². The molecule has 7 heteroatoms. The standard InChI is InChI=1S/C13H8BrFN2O3/c14-11-4-2-8(6-16-11)12(18)17-10-5-7(13(19)20)1-3-9(10)15/h1-6H,(H,17,18)(H,19,20). The van der Waals surface area contributed by atoms with Crippen LogP contribution in [0.1, 0.15) is 20.7 Å². The number of carboxylic acids is 1. The predicted molar refractivity (Wildman–Crippen MR) is 73.2 cm³/mol. The second-order valence-electron chi connectivity index (χ2n) is 3.82. The van der Waals surface area contributed by atoms with E-state index in [0.29, 0.717) is 4.60 Å². The number of carboxylic acid groups (broad SMARTS) is 1. The van der Waals surface area contributed by atoms with Crippen molar-refractivity contribution in [3.05, 3.63) is 58.1 Å². The van der Waals surface area contributed by atoms with Crippen molar-refractivity contribution in [2.45, 2.75) is 0 Å². The molecule has 1 aromatic carbocycles. The molecule has 0 radical (unpaired) electrons. The van der Waals surface area contributed by atoms with Gasteiger partial charge < -0.3 is 10.4 Å². The summed E-state index contributed by atoms with van der Waals surface area (Å²) in [6, 6.07) is 6.24. The van der Waals surface area contributed by atoms with Gasteiger partial charge in [-0.1, -0.05) is 0 Å². The third kappa shape index (κ3) is 3.18. The fourth-order valence-corrected chi connectivity index (χ4v) is 1.69. The van der Waals surface area contributed by atoms with Gasteiger partial charge in [0.25, 0.3) is 5.91 Å². The van der Waals surface area contributed by atoms with Crippen LogP contribution in [0, 0.1) is 5.82 Å². The Bertz CT molecular complexity index is 674. The van der Waals surface area contributed by atoms with E-state index in [1.807, 2.05) is 0 Å². The smallest absolute Gasteiger partial charge is 0.335 e. The second-order valence-corrected chi connectivity index (χ2v) is 4.64. The Morgan fingerprint density at radius 3 is 2.50 bits per heavy atom. The molecule has 0 fully saturated rings. The summed E-state index contributed by atoms with van der Waals surface area (Å²) in [5, 5.41) is 11.1. The average molecular weight is 339 g/mol. The first-order valence-corrected chi connectivity index (χ1v) is 6.22. The molecule has 2 aromatic rings. The van der Waals surface area contributed by atoms with Gasteiger partial charge in [0.1, 0.15) is 10.4 Å². The number of halogens is 2. The quantitative estimate of drug-likeness (QED) is 0.843. The van der Waals surface area contributed by atoms with Crippen LogP contribution >= 0.6 is 15.9 Å². The van der Waals surface area contributed by atoms with Crippen LogP contribution in [-0.4, -0.2) is 22.0 Å². The lowest BCUT2D eigenvalue weighted by Gasteiger charge is -2.07. The van der Waals surface area contributed by atoms with E-state index >= 15 is 0 Å². The molecular weight excluding hydrogens is 331 g/mol. The largest absolute Gasteiger partial charge is 0.478 e. The lowest BCUT2D eigenvalue weighted by molar-refractivity contribution is 0.0696. The molecule has 1 amide bonds. The number of aromatic carboxylic acids is 1.